The van der Waals surface area contributed by atoms with Crippen LogP contribution < -0.4 is 0 Å². The fourth-order valence-electron chi connectivity index (χ4n) is 2.86. The number of aromatic nitrogens is 1. The van der Waals surface area contributed by atoms with Crippen LogP contribution in [0, 0.1) is 12.7 Å². The van der Waals surface area contributed by atoms with Gasteiger partial charge in [-0.3, -0.25) is 4.79 Å². The predicted octanol–water partition coefficient (Wildman–Crippen LogP) is 3.24. The van der Waals surface area contributed by atoms with Crippen molar-refractivity contribution in [2.24, 2.45) is 0 Å². The fraction of sp³-hybridized carbons (Fsp3) is 0.400. The van der Waals surface area contributed by atoms with Crippen LogP contribution in [0.2, 0.25) is 0 Å². The summed E-state index contributed by atoms with van der Waals surface area (Å²) in [5, 5.41) is 0.426. The van der Waals surface area contributed by atoms with Gasteiger partial charge in [0.2, 0.25) is 0 Å². The number of hydrogen-bond donors (Lipinski definition) is 1. The van der Waals surface area contributed by atoms with Crippen molar-refractivity contribution in [3.8, 4) is 0 Å². The average molecular weight is 260 g/mol. The van der Waals surface area contributed by atoms with Crippen molar-refractivity contribution in [1.29, 1.82) is 0 Å². The Balaban J connectivity index is 2.08. The van der Waals surface area contributed by atoms with Gasteiger partial charge in [-0.25, -0.2) is 4.39 Å². The predicted molar refractivity (Wildman–Crippen MR) is 72.7 cm³/mol. The summed E-state index contributed by atoms with van der Waals surface area (Å²) < 4.78 is 14.0. The van der Waals surface area contributed by atoms with Crippen molar-refractivity contribution < 1.29 is 9.18 Å². The highest BCUT2D eigenvalue weighted by Gasteiger charge is 2.24. The van der Waals surface area contributed by atoms with Gasteiger partial charge in [-0.2, -0.15) is 0 Å². The van der Waals surface area contributed by atoms with E-state index in [1.165, 1.54) is 12.5 Å². The molecule has 1 amide bonds. The van der Waals surface area contributed by atoms with E-state index in [4.69, 9.17) is 0 Å². The Morgan fingerprint density at radius 1 is 1.26 bits per heavy atom. The Morgan fingerprint density at radius 2 is 2.00 bits per heavy atom. The Kier molecular flexibility index (Phi) is 3.01. The molecule has 1 aromatic carbocycles. The minimum absolute atomic E-state index is 0.0476. The number of piperidine rings is 1. The van der Waals surface area contributed by atoms with Crippen molar-refractivity contribution >= 4 is 16.8 Å². The van der Waals surface area contributed by atoms with E-state index in [9.17, 15) is 9.18 Å². The number of fused-ring (bicyclic) bond motifs is 1. The molecule has 100 valence electrons. The smallest absolute Gasteiger partial charge is 0.256 e. The van der Waals surface area contributed by atoms with Gasteiger partial charge in [-0.15, -0.1) is 0 Å². The molecule has 1 N–H and O–H groups in total. The van der Waals surface area contributed by atoms with Gasteiger partial charge < -0.3 is 9.88 Å². The standard InChI is InChI=1S/C15H17FN2O/c1-10-13(15(19)18-8-3-2-4-9-18)14-11(16)6-5-7-12(14)17-10/h5-7,17H,2-4,8-9H2,1H3. The lowest BCUT2D eigenvalue weighted by Crippen LogP contribution is -2.35. The normalized spacial score (nSPS) is 16.0. The van der Waals surface area contributed by atoms with E-state index in [-0.39, 0.29) is 11.7 Å². The number of nitrogens with zero attached hydrogens (tertiary/aromatic N) is 1. The van der Waals surface area contributed by atoms with E-state index in [0.717, 1.165) is 31.6 Å². The molecule has 2 aromatic rings. The zero-order chi connectivity index (χ0) is 13.4. The highest BCUT2D eigenvalue weighted by atomic mass is 19.1. The molecule has 3 rings (SSSR count). The Bertz CT molecular complexity index is 626. The highest BCUT2D eigenvalue weighted by Crippen LogP contribution is 2.27. The number of aryl methyl sites for hydroxylation is 1. The molecule has 1 fully saturated rings. The maximum absolute atomic E-state index is 14.0. The second kappa shape index (κ2) is 4.68. The number of rotatable bonds is 1. The topological polar surface area (TPSA) is 36.1 Å². The van der Waals surface area contributed by atoms with Crippen LogP contribution in [0.3, 0.4) is 0 Å². The number of hydrogen-bond acceptors (Lipinski definition) is 1. The van der Waals surface area contributed by atoms with Crippen LogP contribution in [-0.2, 0) is 0 Å². The molecular weight excluding hydrogens is 243 g/mol. The molecule has 0 bridgehead atoms. The van der Waals surface area contributed by atoms with Gasteiger partial charge in [0.05, 0.1) is 5.56 Å². The molecule has 0 aliphatic carbocycles. The second-order valence-electron chi connectivity index (χ2n) is 5.14. The SMILES string of the molecule is Cc1[nH]c2cccc(F)c2c1C(=O)N1CCCCC1. The number of benzene rings is 1. The van der Waals surface area contributed by atoms with Gasteiger partial charge in [-0.05, 0) is 38.3 Å². The molecule has 4 heteroatoms. The molecular formula is C15H17FN2O. The van der Waals surface area contributed by atoms with E-state index < -0.39 is 0 Å². The highest BCUT2D eigenvalue weighted by molar-refractivity contribution is 6.08. The summed E-state index contributed by atoms with van der Waals surface area (Å²) in [6.45, 7) is 3.38. The van der Waals surface area contributed by atoms with Crippen molar-refractivity contribution in [3.63, 3.8) is 0 Å². The van der Waals surface area contributed by atoms with Crippen molar-refractivity contribution in [2.75, 3.05) is 13.1 Å². The first-order chi connectivity index (χ1) is 9.18. The van der Waals surface area contributed by atoms with Crippen LogP contribution in [0.15, 0.2) is 18.2 Å². The van der Waals surface area contributed by atoms with Crippen molar-refractivity contribution in [1.82, 2.24) is 9.88 Å². The maximum atomic E-state index is 14.0. The number of H-pyrrole nitrogens is 1. The Labute approximate surface area is 111 Å². The number of nitrogens with one attached hydrogen (secondary N) is 1. The molecule has 0 unspecified atom stereocenters. The average Bonchev–Trinajstić information content (AvgIpc) is 2.76. The quantitative estimate of drug-likeness (QED) is 0.839. The molecule has 3 nitrogen and oxygen atoms in total. The van der Waals surface area contributed by atoms with E-state index >= 15 is 0 Å². The maximum Gasteiger partial charge on any atom is 0.256 e. The molecule has 1 aromatic heterocycles. The summed E-state index contributed by atoms with van der Waals surface area (Å²) >= 11 is 0. The minimum atomic E-state index is -0.331. The number of aromatic amines is 1. The molecule has 0 saturated carbocycles. The number of halogens is 1. The van der Waals surface area contributed by atoms with Crippen LogP contribution in [0.25, 0.3) is 10.9 Å². The third-order valence-electron chi connectivity index (χ3n) is 3.82. The second-order valence-corrected chi connectivity index (χ2v) is 5.14. The summed E-state index contributed by atoms with van der Waals surface area (Å²) in [5.41, 5.74) is 1.93. The van der Waals surface area contributed by atoms with E-state index in [1.54, 1.807) is 12.1 Å². The first-order valence-electron chi connectivity index (χ1n) is 6.74. The number of amides is 1. The molecule has 1 saturated heterocycles. The summed E-state index contributed by atoms with van der Waals surface area (Å²) in [6, 6.07) is 4.86. The monoisotopic (exact) mass is 260 g/mol. The molecule has 0 atom stereocenters. The van der Waals surface area contributed by atoms with E-state index in [0.29, 0.717) is 16.5 Å². The van der Waals surface area contributed by atoms with Gasteiger partial charge in [0.15, 0.2) is 0 Å². The fourth-order valence-corrected chi connectivity index (χ4v) is 2.86. The van der Waals surface area contributed by atoms with Gasteiger partial charge in [0, 0.05) is 29.7 Å². The number of carbonyl (C=O) groups excluding carboxylic acids is 1. The zero-order valence-corrected chi connectivity index (χ0v) is 11.0. The van der Waals surface area contributed by atoms with Gasteiger partial charge >= 0.3 is 0 Å². The number of carbonyl (C=O) groups is 1. The first kappa shape index (κ1) is 12.2. The molecule has 0 radical (unpaired) electrons. The van der Waals surface area contributed by atoms with Crippen LogP contribution >= 0.6 is 0 Å². The van der Waals surface area contributed by atoms with Crippen molar-refractivity contribution in [3.05, 3.63) is 35.3 Å². The summed E-state index contributed by atoms with van der Waals surface area (Å²) in [7, 11) is 0. The van der Waals surface area contributed by atoms with Gasteiger partial charge in [0.1, 0.15) is 5.82 Å². The zero-order valence-electron chi connectivity index (χ0n) is 11.0. The molecule has 19 heavy (non-hydrogen) atoms. The lowest BCUT2D eigenvalue weighted by atomic mass is 10.1. The Hall–Kier alpha value is -1.84. The van der Waals surface area contributed by atoms with Crippen LogP contribution in [0.1, 0.15) is 35.3 Å². The summed E-state index contributed by atoms with van der Waals surface area (Å²) in [4.78, 5) is 17.5. The van der Waals surface area contributed by atoms with Crippen LogP contribution in [-0.4, -0.2) is 28.9 Å². The van der Waals surface area contributed by atoms with Gasteiger partial charge in [0.25, 0.3) is 5.91 Å². The van der Waals surface area contributed by atoms with E-state index in [1.807, 2.05) is 11.8 Å². The van der Waals surface area contributed by atoms with Crippen LogP contribution in [0.4, 0.5) is 4.39 Å². The molecule has 1 aliphatic heterocycles. The van der Waals surface area contributed by atoms with E-state index in [2.05, 4.69) is 4.98 Å². The molecule has 2 heterocycles. The third-order valence-corrected chi connectivity index (χ3v) is 3.82. The van der Waals surface area contributed by atoms with Crippen LogP contribution in [0.5, 0.6) is 0 Å². The largest absolute Gasteiger partial charge is 0.358 e. The van der Waals surface area contributed by atoms with Crippen molar-refractivity contribution in [2.45, 2.75) is 26.2 Å². The summed E-state index contributed by atoms with van der Waals surface area (Å²) in [5.74, 6) is -0.379. The Morgan fingerprint density at radius 3 is 2.74 bits per heavy atom. The number of likely N-dealkylation sites (tertiary alicyclic amines) is 1. The lowest BCUT2D eigenvalue weighted by molar-refractivity contribution is 0.0725. The lowest BCUT2D eigenvalue weighted by Gasteiger charge is -2.26. The molecule has 1 aliphatic rings. The summed E-state index contributed by atoms with van der Waals surface area (Å²) in [6.07, 6.45) is 3.25. The first-order valence-corrected chi connectivity index (χ1v) is 6.74. The minimum Gasteiger partial charge on any atom is -0.358 e. The third kappa shape index (κ3) is 2.01. The molecule has 0 spiro atoms. The van der Waals surface area contributed by atoms with Gasteiger partial charge in [-0.1, -0.05) is 6.07 Å².